The average Bonchev–Trinajstić information content (AvgIpc) is 2.85. The number of carbonyl (C=O) groups is 1. The number of benzene rings is 1. The number of anilines is 1. The number of H-pyrrole nitrogens is 1. The molecule has 1 aromatic carbocycles. The van der Waals surface area contributed by atoms with E-state index in [4.69, 9.17) is 11.6 Å². The van der Waals surface area contributed by atoms with Crippen LogP contribution in [-0.4, -0.2) is 27.0 Å². The number of aromatic amines is 1. The lowest BCUT2D eigenvalue weighted by atomic mass is 10.3. The maximum atomic E-state index is 11.3. The minimum Gasteiger partial charge on any atom is -0.326 e. The van der Waals surface area contributed by atoms with E-state index in [1.165, 1.54) is 18.1 Å². The first-order valence-corrected chi connectivity index (χ1v) is 6.62. The summed E-state index contributed by atoms with van der Waals surface area (Å²) in [6.45, 7) is 0. The summed E-state index contributed by atoms with van der Waals surface area (Å²) in [7, 11) is 0. The highest BCUT2D eigenvalue weighted by Gasteiger charge is 2.03. The molecule has 2 rings (SSSR count). The Morgan fingerprint density at radius 2 is 2.17 bits per heavy atom. The van der Waals surface area contributed by atoms with Gasteiger partial charge in [0, 0.05) is 22.9 Å². The fourth-order valence-corrected chi connectivity index (χ4v) is 2.14. The van der Waals surface area contributed by atoms with Crippen molar-refractivity contribution in [2.75, 3.05) is 11.2 Å². The summed E-state index contributed by atoms with van der Waals surface area (Å²) in [6, 6.07) is 7.49. The molecule has 0 spiro atoms. The SMILES string of the molecule is O=C(CCCl)Nc1ccc(Sc2ncn[nH]2)cc1. The Hall–Kier alpha value is -1.53. The largest absolute Gasteiger partial charge is 0.326 e. The molecule has 2 aromatic rings. The molecule has 0 saturated carbocycles. The lowest BCUT2D eigenvalue weighted by Crippen LogP contribution is -2.11. The maximum Gasteiger partial charge on any atom is 0.225 e. The third-order valence-corrected chi connectivity index (χ3v) is 3.15. The van der Waals surface area contributed by atoms with Crippen LogP contribution >= 0.6 is 23.4 Å². The lowest BCUT2D eigenvalue weighted by molar-refractivity contribution is -0.115. The van der Waals surface area contributed by atoms with Gasteiger partial charge in [0.05, 0.1) is 0 Å². The summed E-state index contributed by atoms with van der Waals surface area (Å²) < 4.78 is 0. The summed E-state index contributed by atoms with van der Waals surface area (Å²) in [4.78, 5) is 16.4. The Kier molecular flexibility index (Phi) is 4.60. The van der Waals surface area contributed by atoms with Crippen LogP contribution in [0.1, 0.15) is 6.42 Å². The molecule has 0 aliphatic rings. The third kappa shape index (κ3) is 3.75. The summed E-state index contributed by atoms with van der Waals surface area (Å²) in [5.41, 5.74) is 0.757. The zero-order chi connectivity index (χ0) is 12.8. The molecule has 0 atom stereocenters. The normalized spacial score (nSPS) is 10.3. The second-order valence-electron chi connectivity index (χ2n) is 3.40. The molecular formula is C11H11ClN4OS. The van der Waals surface area contributed by atoms with Gasteiger partial charge in [-0.3, -0.25) is 9.89 Å². The number of halogens is 1. The van der Waals surface area contributed by atoms with Gasteiger partial charge in [-0.2, -0.15) is 5.10 Å². The van der Waals surface area contributed by atoms with Crippen LogP contribution in [-0.2, 0) is 4.79 Å². The smallest absolute Gasteiger partial charge is 0.225 e. The highest BCUT2D eigenvalue weighted by Crippen LogP contribution is 2.25. The Labute approximate surface area is 113 Å². The number of alkyl halides is 1. The summed E-state index contributed by atoms with van der Waals surface area (Å²) in [6.07, 6.45) is 1.78. The molecule has 1 aromatic heterocycles. The minimum atomic E-state index is -0.0827. The van der Waals surface area contributed by atoms with E-state index >= 15 is 0 Å². The van der Waals surface area contributed by atoms with E-state index in [1.54, 1.807) is 0 Å². The van der Waals surface area contributed by atoms with Crippen LogP contribution in [0.3, 0.4) is 0 Å². The molecule has 0 bridgehead atoms. The van der Waals surface area contributed by atoms with E-state index in [1.807, 2.05) is 24.3 Å². The van der Waals surface area contributed by atoms with E-state index < -0.39 is 0 Å². The van der Waals surface area contributed by atoms with Crippen molar-refractivity contribution < 1.29 is 4.79 Å². The van der Waals surface area contributed by atoms with Gasteiger partial charge in [-0.1, -0.05) is 11.8 Å². The molecule has 5 nitrogen and oxygen atoms in total. The van der Waals surface area contributed by atoms with Gasteiger partial charge in [-0.25, -0.2) is 4.98 Å². The molecule has 0 radical (unpaired) electrons. The number of hydrogen-bond acceptors (Lipinski definition) is 4. The number of nitrogens with one attached hydrogen (secondary N) is 2. The highest BCUT2D eigenvalue weighted by atomic mass is 35.5. The van der Waals surface area contributed by atoms with Crippen molar-refractivity contribution in [1.29, 1.82) is 0 Å². The molecule has 0 unspecified atom stereocenters. The zero-order valence-corrected chi connectivity index (χ0v) is 11.0. The number of hydrogen-bond donors (Lipinski definition) is 2. The molecule has 0 fully saturated rings. The monoisotopic (exact) mass is 282 g/mol. The fourth-order valence-electron chi connectivity index (χ4n) is 1.27. The van der Waals surface area contributed by atoms with E-state index in [0.29, 0.717) is 12.3 Å². The second-order valence-corrected chi connectivity index (χ2v) is 4.84. The predicted molar refractivity (Wildman–Crippen MR) is 70.9 cm³/mol. The van der Waals surface area contributed by atoms with Crippen LogP contribution in [0.4, 0.5) is 5.69 Å². The van der Waals surface area contributed by atoms with Crippen LogP contribution in [0.5, 0.6) is 0 Å². The molecule has 94 valence electrons. The molecule has 7 heteroatoms. The summed E-state index contributed by atoms with van der Waals surface area (Å²) >= 11 is 6.96. The average molecular weight is 283 g/mol. The van der Waals surface area contributed by atoms with E-state index in [-0.39, 0.29) is 5.91 Å². The molecule has 1 heterocycles. The maximum absolute atomic E-state index is 11.3. The van der Waals surface area contributed by atoms with Gasteiger partial charge in [-0.15, -0.1) is 11.6 Å². The van der Waals surface area contributed by atoms with Crippen LogP contribution in [0.25, 0.3) is 0 Å². The Bertz CT molecular complexity index is 500. The quantitative estimate of drug-likeness (QED) is 0.827. The fraction of sp³-hybridized carbons (Fsp3) is 0.182. The first-order chi connectivity index (χ1) is 8.78. The first-order valence-electron chi connectivity index (χ1n) is 5.27. The molecular weight excluding hydrogens is 272 g/mol. The van der Waals surface area contributed by atoms with Crippen molar-refractivity contribution in [3.63, 3.8) is 0 Å². The Balaban J connectivity index is 1.95. The number of aromatic nitrogens is 3. The van der Waals surface area contributed by atoms with Crippen molar-refractivity contribution in [1.82, 2.24) is 15.2 Å². The third-order valence-electron chi connectivity index (χ3n) is 2.07. The number of amides is 1. The van der Waals surface area contributed by atoms with Gasteiger partial charge in [0.25, 0.3) is 0 Å². The molecule has 18 heavy (non-hydrogen) atoms. The minimum absolute atomic E-state index is 0.0827. The molecule has 1 amide bonds. The highest BCUT2D eigenvalue weighted by molar-refractivity contribution is 7.99. The van der Waals surface area contributed by atoms with Crippen molar-refractivity contribution in [3.8, 4) is 0 Å². The molecule has 0 saturated heterocycles. The first kappa shape index (κ1) is 12.9. The molecule has 0 aliphatic heterocycles. The topological polar surface area (TPSA) is 70.7 Å². The van der Waals surface area contributed by atoms with Crippen molar-refractivity contribution in [2.24, 2.45) is 0 Å². The van der Waals surface area contributed by atoms with Gasteiger partial charge in [-0.05, 0) is 24.3 Å². The Morgan fingerprint density at radius 1 is 1.39 bits per heavy atom. The number of nitrogens with zero attached hydrogens (tertiary/aromatic N) is 2. The number of rotatable bonds is 5. The molecule has 2 N–H and O–H groups in total. The van der Waals surface area contributed by atoms with Crippen molar-refractivity contribution in [2.45, 2.75) is 16.5 Å². The van der Waals surface area contributed by atoms with E-state index in [2.05, 4.69) is 20.5 Å². The van der Waals surface area contributed by atoms with Crippen LogP contribution in [0.2, 0.25) is 0 Å². The van der Waals surface area contributed by atoms with Gasteiger partial charge < -0.3 is 5.32 Å². The van der Waals surface area contributed by atoms with Crippen LogP contribution in [0.15, 0.2) is 40.6 Å². The van der Waals surface area contributed by atoms with Crippen molar-refractivity contribution >= 4 is 35.0 Å². The second kappa shape index (κ2) is 6.42. The van der Waals surface area contributed by atoms with Gasteiger partial charge in [0.1, 0.15) is 6.33 Å². The van der Waals surface area contributed by atoms with Crippen LogP contribution in [0, 0.1) is 0 Å². The molecule has 0 aliphatic carbocycles. The van der Waals surface area contributed by atoms with E-state index in [0.717, 1.165) is 15.7 Å². The van der Waals surface area contributed by atoms with Crippen molar-refractivity contribution in [3.05, 3.63) is 30.6 Å². The van der Waals surface area contributed by atoms with Gasteiger partial charge >= 0.3 is 0 Å². The van der Waals surface area contributed by atoms with Gasteiger partial charge in [0.2, 0.25) is 5.91 Å². The summed E-state index contributed by atoms with van der Waals surface area (Å²) in [5, 5.41) is 10.0. The van der Waals surface area contributed by atoms with E-state index in [9.17, 15) is 4.79 Å². The van der Waals surface area contributed by atoms with Gasteiger partial charge in [0.15, 0.2) is 5.16 Å². The predicted octanol–water partition coefficient (Wildman–Crippen LogP) is 2.52. The van der Waals surface area contributed by atoms with Crippen LogP contribution < -0.4 is 5.32 Å². The number of carbonyl (C=O) groups excluding carboxylic acids is 1. The Morgan fingerprint density at radius 3 is 2.78 bits per heavy atom. The standard InChI is InChI=1S/C11H11ClN4OS/c12-6-5-10(17)15-8-1-3-9(4-2-8)18-11-13-7-14-16-11/h1-4,7H,5-6H2,(H,15,17)(H,13,14,16). The zero-order valence-electron chi connectivity index (χ0n) is 9.39. The lowest BCUT2D eigenvalue weighted by Gasteiger charge is -2.04. The summed E-state index contributed by atoms with van der Waals surface area (Å²) in [5.74, 6) is 0.242.